The van der Waals surface area contributed by atoms with Gasteiger partial charge in [0.05, 0.1) is 118 Å². The van der Waals surface area contributed by atoms with E-state index in [1.165, 1.54) is 11.8 Å². The van der Waals surface area contributed by atoms with Gasteiger partial charge < -0.3 is 57.0 Å². The quantitative estimate of drug-likeness (QED) is 0.0413. The van der Waals surface area contributed by atoms with E-state index in [2.05, 4.69) is 24.3 Å². The first kappa shape index (κ1) is 52.5. The minimum atomic E-state index is -0.0620. The molecule has 0 unspecified atom stereocenters. The molecule has 1 fully saturated rings. The van der Waals surface area contributed by atoms with Crippen LogP contribution >= 0.6 is 11.8 Å². The molecule has 2 aromatic carbocycles. The van der Waals surface area contributed by atoms with E-state index >= 15 is 0 Å². The van der Waals surface area contributed by atoms with Crippen LogP contribution in [0.15, 0.2) is 65.1 Å². The van der Waals surface area contributed by atoms with Crippen LogP contribution in [-0.2, 0) is 47.5 Å². The second kappa shape index (κ2) is 29.4. The monoisotopic (exact) mass is 937 g/mol. The number of carbonyl (C=O) groups excluding carboxylic acids is 3. The molecule has 0 saturated carbocycles. The lowest BCUT2D eigenvalue weighted by atomic mass is 9.90. The number of carbonyl (C=O) groups is 3. The predicted octanol–water partition coefficient (Wildman–Crippen LogP) is 4.39. The van der Waals surface area contributed by atoms with Gasteiger partial charge in [0.15, 0.2) is 5.12 Å². The Bertz CT molecular complexity index is 2140. The Balaban J connectivity index is 0.898. The summed E-state index contributed by atoms with van der Waals surface area (Å²) in [6, 6.07) is 20.1. The van der Waals surface area contributed by atoms with Gasteiger partial charge in [-0.25, -0.2) is 4.58 Å². The normalized spacial score (nSPS) is 12.9. The topological polar surface area (TPSA) is 151 Å². The van der Waals surface area contributed by atoms with E-state index in [0.29, 0.717) is 143 Å². The lowest BCUT2D eigenvalue weighted by molar-refractivity contribution is -0.134. The van der Waals surface area contributed by atoms with E-state index in [-0.39, 0.29) is 23.4 Å². The van der Waals surface area contributed by atoms with Crippen molar-refractivity contribution in [1.82, 2.24) is 14.4 Å². The summed E-state index contributed by atoms with van der Waals surface area (Å²) in [6.07, 6.45) is 0.265. The van der Waals surface area contributed by atoms with Gasteiger partial charge in [0.1, 0.15) is 25.4 Å². The molecule has 0 N–H and O–H groups in total. The highest BCUT2D eigenvalue weighted by Gasteiger charge is 2.28. The number of benzene rings is 3. The lowest BCUT2D eigenvalue weighted by Gasteiger charge is -2.35. The first-order valence-corrected chi connectivity index (χ1v) is 23.7. The molecule has 1 saturated heterocycles. The molecule has 16 nitrogen and oxygen atoms in total. The number of hydrogen-bond acceptors (Lipinski definition) is 14. The third-order valence-electron chi connectivity index (χ3n) is 10.7. The van der Waals surface area contributed by atoms with Crippen molar-refractivity contribution in [2.75, 3.05) is 171 Å². The average Bonchev–Trinajstić information content (AvgIpc) is 3.32. The highest BCUT2D eigenvalue weighted by atomic mass is 32.2. The van der Waals surface area contributed by atoms with Gasteiger partial charge >= 0.3 is 0 Å². The molecule has 0 aromatic heterocycles. The van der Waals surface area contributed by atoms with E-state index in [9.17, 15) is 14.4 Å². The third-order valence-corrected chi connectivity index (χ3v) is 11.4. The van der Waals surface area contributed by atoms with Crippen molar-refractivity contribution < 1.29 is 56.7 Å². The molecular weight excluding hydrogens is 869 g/mol. The maximum atomic E-state index is 14.3. The molecule has 0 spiro atoms. The third kappa shape index (κ3) is 17.3. The number of ether oxygens (including phenoxy) is 8. The Morgan fingerprint density at radius 2 is 1.14 bits per heavy atom. The van der Waals surface area contributed by atoms with E-state index in [4.69, 9.17) is 42.3 Å². The van der Waals surface area contributed by atoms with Crippen LogP contribution in [0.4, 0.5) is 5.69 Å². The first-order valence-electron chi connectivity index (χ1n) is 22.7. The van der Waals surface area contributed by atoms with Crippen LogP contribution < -0.4 is 14.8 Å². The molecule has 362 valence electrons. The number of rotatable bonds is 30. The Morgan fingerprint density at radius 3 is 1.67 bits per heavy atom. The van der Waals surface area contributed by atoms with E-state index in [1.54, 1.807) is 6.92 Å². The van der Waals surface area contributed by atoms with Gasteiger partial charge in [-0.3, -0.25) is 14.4 Å². The second-order valence-corrected chi connectivity index (χ2v) is 17.1. The number of thioether (sulfide) groups is 1. The zero-order valence-electron chi connectivity index (χ0n) is 39.4. The summed E-state index contributed by atoms with van der Waals surface area (Å²) in [4.78, 5) is 43.9. The molecule has 17 heteroatoms. The summed E-state index contributed by atoms with van der Waals surface area (Å²) in [5.41, 5.74) is 5.09. The predicted molar refractivity (Wildman–Crippen MR) is 257 cm³/mol. The largest absolute Gasteiger partial charge is 0.456 e. The van der Waals surface area contributed by atoms with Gasteiger partial charge in [0, 0.05) is 92.8 Å². The van der Waals surface area contributed by atoms with Crippen LogP contribution in [0.3, 0.4) is 0 Å². The first-order chi connectivity index (χ1) is 32.1. The summed E-state index contributed by atoms with van der Waals surface area (Å²) in [7, 11) is 8.00. The van der Waals surface area contributed by atoms with Gasteiger partial charge in [0.25, 0.3) is 5.91 Å². The van der Waals surface area contributed by atoms with E-state index in [0.717, 1.165) is 44.5 Å². The zero-order chi connectivity index (χ0) is 46.9. The number of amides is 2. The summed E-state index contributed by atoms with van der Waals surface area (Å²) in [5.74, 6) is 1.35. The fraction of sp³-hybridized carbons (Fsp3) is 0.551. The maximum Gasteiger partial charge on any atom is 0.254 e. The number of hydrogen-bond donors (Lipinski definition) is 0. The molecule has 3 aliphatic rings. The molecule has 0 radical (unpaired) electrons. The minimum absolute atomic E-state index is 0.00868. The smallest absolute Gasteiger partial charge is 0.254 e. The van der Waals surface area contributed by atoms with Crippen LogP contribution in [-0.4, -0.2) is 193 Å². The Labute approximate surface area is 393 Å². The summed E-state index contributed by atoms with van der Waals surface area (Å²) in [5, 5.41) is 2.04. The van der Waals surface area contributed by atoms with Gasteiger partial charge in [-0.15, -0.1) is 0 Å². The van der Waals surface area contributed by atoms with Gasteiger partial charge in [-0.1, -0.05) is 30.0 Å². The summed E-state index contributed by atoms with van der Waals surface area (Å²) >= 11 is 1.26. The van der Waals surface area contributed by atoms with Crippen molar-refractivity contribution in [3.8, 4) is 22.5 Å². The van der Waals surface area contributed by atoms with E-state index < -0.39 is 0 Å². The molecular formula is C49H69N4O12S+. The molecule has 2 amide bonds. The number of piperazine rings is 1. The highest BCUT2D eigenvalue weighted by molar-refractivity contribution is 8.13. The van der Waals surface area contributed by atoms with Gasteiger partial charge in [-0.05, 0) is 29.8 Å². The van der Waals surface area contributed by atoms with E-state index in [1.807, 2.05) is 83.9 Å². The lowest BCUT2D eigenvalue weighted by Crippen LogP contribution is -2.50. The van der Waals surface area contributed by atoms with Crippen LogP contribution in [0.5, 0.6) is 0 Å². The van der Waals surface area contributed by atoms with Crippen LogP contribution in [0, 0.1) is 0 Å². The second-order valence-electron chi connectivity index (χ2n) is 15.8. The number of anilines is 1. The Morgan fingerprint density at radius 1 is 0.621 bits per heavy atom. The van der Waals surface area contributed by atoms with Gasteiger partial charge in [-0.2, -0.15) is 0 Å². The highest BCUT2D eigenvalue weighted by Crippen LogP contribution is 2.42. The molecule has 66 heavy (non-hydrogen) atoms. The fourth-order valence-corrected chi connectivity index (χ4v) is 7.62. The van der Waals surface area contributed by atoms with Crippen molar-refractivity contribution >= 4 is 45.3 Å². The summed E-state index contributed by atoms with van der Waals surface area (Å²) < 4.78 is 52.7. The van der Waals surface area contributed by atoms with Gasteiger partial charge in [0.2, 0.25) is 11.3 Å². The zero-order valence-corrected chi connectivity index (χ0v) is 40.2. The number of fused-ring (bicyclic) bond motifs is 2. The molecule has 2 aromatic rings. The molecule has 2 heterocycles. The summed E-state index contributed by atoms with van der Waals surface area (Å²) in [6.45, 7) is 10.6. The van der Waals surface area contributed by atoms with Crippen LogP contribution in [0.1, 0.15) is 23.7 Å². The molecule has 2 aliphatic heterocycles. The van der Waals surface area contributed by atoms with Crippen molar-refractivity contribution in [3.05, 3.63) is 71.6 Å². The molecule has 0 bridgehead atoms. The van der Waals surface area contributed by atoms with Crippen molar-refractivity contribution in [2.45, 2.75) is 13.3 Å². The van der Waals surface area contributed by atoms with Crippen molar-refractivity contribution in [1.29, 1.82) is 0 Å². The molecule has 0 atom stereocenters. The molecule has 1 aliphatic carbocycles. The Hall–Kier alpha value is -4.43. The SMILES string of the molecule is CC(=O)SCCOCCOCCOCCOCCOCCOCCOCCOCCC(=O)N1CCN(C(=O)c2ccccc2-c2c3ccc(=[N+](C)C)cc-3oc3cc(N(C)C)ccc23)CC1. The van der Waals surface area contributed by atoms with Crippen molar-refractivity contribution in [2.24, 2.45) is 0 Å². The average molecular weight is 938 g/mol. The maximum absolute atomic E-state index is 14.3. The standard InChI is InChI=1S/C49H69N4O12S/c1-38(54)66-35-34-64-33-32-63-31-30-62-29-28-61-27-26-60-25-24-59-23-22-58-21-20-57-19-14-47(55)52-15-17-53(18-16-52)49(56)42-9-7-6-8-41(42)48-43-12-10-39(50(2)3)36-45(43)65-46-37-40(51(4)5)11-13-44(46)48/h6-13,36-37H,14-35H2,1-5H3/q+1. The number of nitrogens with zero attached hydrogens (tertiary/aromatic N) is 4. The fourth-order valence-electron chi connectivity index (χ4n) is 7.13. The van der Waals surface area contributed by atoms with Crippen molar-refractivity contribution in [3.63, 3.8) is 0 Å². The molecule has 5 rings (SSSR count). The Kier molecular flexibility index (Phi) is 23.4. The minimum Gasteiger partial charge on any atom is -0.456 e. The van der Waals surface area contributed by atoms with Crippen LogP contribution in [0.25, 0.3) is 33.4 Å². The van der Waals surface area contributed by atoms with Crippen LogP contribution in [0.2, 0.25) is 0 Å².